The second-order valence-corrected chi connectivity index (χ2v) is 3.62. The van der Waals surface area contributed by atoms with E-state index in [2.05, 4.69) is 4.98 Å². The van der Waals surface area contributed by atoms with Crippen molar-refractivity contribution < 1.29 is 4.79 Å². The van der Waals surface area contributed by atoms with Crippen LogP contribution in [0.3, 0.4) is 0 Å². The summed E-state index contributed by atoms with van der Waals surface area (Å²) in [5, 5.41) is 0.133. The molecular weight excluding hydrogens is 224 g/mol. The smallest absolute Gasteiger partial charge is 0.251 e. The van der Waals surface area contributed by atoms with E-state index >= 15 is 0 Å². The molecule has 0 bridgehead atoms. The van der Waals surface area contributed by atoms with Crippen molar-refractivity contribution in [2.45, 2.75) is 0 Å². The Labute approximate surface area is 97.9 Å². The van der Waals surface area contributed by atoms with Gasteiger partial charge in [0, 0.05) is 5.56 Å². The second-order valence-electron chi connectivity index (χ2n) is 3.27. The molecule has 2 N–H and O–H groups in total. The number of nitrogens with zero attached hydrogens (tertiary/aromatic N) is 1. The number of halogens is 1. The predicted molar refractivity (Wildman–Crippen MR) is 63.2 cm³/mol. The van der Waals surface area contributed by atoms with Gasteiger partial charge in [-0.25, -0.2) is 4.98 Å². The number of pyridine rings is 1. The number of nitrogens with two attached hydrogens (primary N) is 1. The first-order valence-corrected chi connectivity index (χ1v) is 5.08. The molecule has 2 aromatic rings. The maximum absolute atomic E-state index is 11.0. The fourth-order valence-electron chi connectivity index (χ4n) is 1.39. The maximum Gasteiger partial charge on any atom is 0.251 e. The molecule has 80 valence electrons. The van der Waals surface area contributed by atoms with Crippen LogP contribution in [-0.2, 0) is 0 Å². The second kappa shape index (κ2) is 4.33. The van der Waals surface area contributed by atoms with Crippen LogP contribution in [0.4, 0.5) is 0 Å². The quantitative estimate of drug-likeness (QED) is 0.809. The molecule has 1 amide bonds. The highest BCUT2D eigenvalue weighted by Gasteiger charge is 2.09. The lowest BCUT2D eigenvalue weighted by Gasteiger charge is -2.03. The Hall–Kier alpha value is -1.87. The van der Waals surface area contributed by atoms with E-state index in [-0.39, 0.29) is 10.7 Å². The number of carbonyl (C=O) groups excluding carboxylic acids is 1. The van der Waals surface area contributed by atoms with Crippen molar-refractivity contribution in [2.75, 3.05) is 0 Å². The molecule has 2 rings (SSSR count). The predicted octanol–water partition coefficient (Wildman–Crippen LogP) is 2.50. The van der Waals surface area contributed by atoms with Crippen molar-refractivity contribution in [3.05, 3.63) is 53.2 Å². The van der Waals surface area contributed by atoms with E-state index in [0.717, 1.165) is 11.3 Å². The molecule has 1 aromatic carbocycles. The summed E-state index contributed by atoms with van der Waals surface area (Å²) in [5.74, 6) is -0.572. The van der Waals surface area contributed by atoms with Gasteiger partial charge in [-0.3, -0.25) is 4.79 Å². The third-order valence-electron chi connectivity index (χ3n) is 2.18. The highest BCUT2D eigenvalue weighted by molar-refractivity contribution is 6.32. The number of carbonyl (C=O) groups is 1. The van der Waals surface area contributed by atoms with E-state index < -0.39 is 5.91 Å². The molecule has 1 heterocycles. The van der Waals surface area contributed by atoms with Crippen LogP contribution in [0.15, 0.2) is 42.5 Å². The zero-order valence-electron chi connectivity index (χ0n) is 8.35. The zero-order valence-corrected chi connectivity index (χ0v) is 9.11. The number of benzene rings is 1. The molecule has 0 radical (unpaired) electrons. The summed E-state index contributed by atoms with van der Waals surface area (Å²) in [6.45, 7) is 0. The lowest BCUT2D eigenvalue weighted by molar-refractivity contribution is 0.1000. The van der Waals surface area contributed by atoms with Gasteiger partial charge in [-0.15, -0.1) is 0 Å². The molecule has 0 saturated heterocycles. The monoisotopic (exact) mass is 232 g/mol. The van der Waals surface area contributed by atoms with E-state index in [4.69, 9.17) is 17.3 Å². The van der Waals surface area contributed by atoms with Crippen LogP contribution in [0.25, 0.3) is 11.3 Å². The van der Waals surface area contributed by atoms with E-state index in [0.29, 0.717) is 0 Å². The van der Waals surface area contributed by atoms with Crippen LogP contribution in [0, 0.1) is 0 Å². The molecule has 4 heteroatoms. The highest BCUT2D eigenvalue weighted by Crippen LogP contribution is 2.21. The molecule has 0 unspecified atom stereocenters. The van der Waals surface area contributed by atoms with Gasteiger partial charge < -0.3 is 5.73 Å². The first-order valence-electron chi connectivity index (χ1n) is 4.70. The summed E-state index contributed by atoms with van der Waals surface area (Å²) in [6, 6.07) is 12.9. The Morgan fingerprint density at radius 1 is 1.12 bits per heavy atom. The average Bonchev–Trinajstić information content (AvgIpc) is 2.29. The average molecular weight is 233 g/mol. The third kappa shape index (κ3) is 2.04. The molecule has 0 spiro atoms. The van der Waals surface area contributed by atoms with Crippen LogP contribution in [0.2, 0.25) is 5.15 Å². The molecule has 0 aliphatic rings. The zero-order chi connectivity index (χ0) is 11.5. The van der Waals surface area contributed by atoms with Crippen molar-refractivity contribution in [1.29, 1.82) is 0 Å². The van der Waals surface area contributed by atoms with Crippen molar-refractivity contribution in [1.82, 2.24) is 4.98 Å². The topological polar surface area (TPSA) is 56.0 Å². The van der Waals surface area contributed by atoms with Gasteiger partial charge in [0.25, 0.3) is 5.91 Å². The fraction of sp³-hybridized carbons (Fsp3) is 0. The van der Waals surface area contributed by atoms with Crippen molar-refractivity contribution in [3.63, 3.8) is 0 Å². The van der Waals surface area contributed by atoms with Crippen molar-refractivity contribution >= 4 is 17.5 Å². The van der Waals surface area contributed by atoms with Gasteiger partial charge in [0.2, 0.25) is 0 Å². The summed E-state index contributed by atoms with van der Waals surface area (Å²) in [7, 11) is 0. The molecule has 0 aliphatic carbocycles. The molecule has 0 fully saturated rings. The minimum absolute atomic E-state index is 0.133. The van der Waals surface area contributed by atoms with E-state index in [1.165, 1.54) is 0 Å². The minimum Gasteiger partial charge on any atom is -0.366 e. The van der Waals surface area contributed by atoms with Crippen molar-refractivity contribution in [2.24, 2.45) is 5.73 Å². The van der Waals surface area contributed by atoms with Gasteiger partial charge >= 0.3 is 0 Å². The Bertz CT molecular complexity index is 526. The normalized spacial score (nSPS) is 10.1. The standard InChI is InChI=1S/C12H9ClN2O/c13-11-9(12(14)16)6-7-10(15-11)8-4-2-1-3-5-8/h1-7H,(H2,14,16). The molecule has 0 saturated carbocycles. The number of aromatic nitrogens is 1. The maximum atomic E-state index is 11.0. The summed E-state index contributed by atoms with van der Waals surface area (Å²) < 4.78 is 0. The fourth-order valence-corrected chi connectivity index (χ4v) is 1.63. The van der Waals surface area contributed by atoms with Crippen molar-refractivity contribution in [3.8, 4) is 11.3 Å². The number of primary amides is 1. The Kier molecular flexibility index (Phi) is 2.88. The molecule has 1 aromatic heterocycles. The van der Waals surface area contributed by atoms with Gasteiger partial charge in [-0.05, 0) is 12.1 Å². The number of rotatable bonds is 2. The highest BCUT2D eigenvalue weighted by atomic mass is 35.5. The van der Waals surface area contributed by atoms with Crippen LogP contribution in [0.5, 0.6) is 0 Å². The lowest BCUT2D eigenvalue weighted by atomic mass is 10.1. The summed E-state index contributed by atoms with van der Waals surface area (Å²) >= 11 is 5.86. The summed E-state index contributed by atoms with van der Waals surface area (Å²) in [4.78, 5) is 15.1. The Morgan fingerprint density at radius 3 is 2.38 bits per heavy atom. The minimum atomic E-state index is -0.572. The molecule has 0 atom stereocenters. The third-order valence-corrected chi connectivity index (χ3v) is 2.47. The molecular formula is C12H9ClN2O. The number of hydrogen-bond donors (Lipinski definition) is 1. The van der Waals surface area contributed by atoms with Gasteiger partial charge in [0.05, 0.1) is 11.3 Å². The van der Waals surface area contributed by atoms with Crippen LogP contribution >= 0.6 is 11.6 Å². The molecule has 0 aliphatic heterocycles. The number of amides is 1. The van der Waals surface area contributed by atoms with Gasteiger partial charge in [-0.2, -0.15) is 0 Å². The van der Waals surface area contributed by atoms with E-state index in [9.17, 15) is 4.79 Å². The van der Waals surface area contributed by atoms with Gasteiger partial charge in [0.15, 0.2) is 0 Å². The van der Waals surface area contributed by atoms with E-state index in [1.807, 2.05) is 30.3 Å². The molecule has 16 heavy (non-hydrogen) atoms. The number of hydrogen-bond acceptors (Lipinski definition) is 2. The largest absolute Gasteiger partial charge is 0.366 e. The van der Waals surface area contributed by atoms with Gasteiger partial charge in [0.1, 0.15) is 5.15 Å². The SMILES string of the molecule is NC(=O)c1ccc(-c2ccccc2)nc1Cl. The Morgan fingerprint density at radius 2 is 1.81 bits per heavy atom. The summed E-state index contributed by atoms with van der Waals surface area (Å²) in [5.41, 5.74) is 7.04. The van der Waals surface area contributed by atoms with Crippen LogP contribution < -0.4 is 5.73 Å². The van der Waals surface area contributed by atoms with E-state index in [1.54, 1.807) is 12.1 Å². The van der Waals surface area contributed by atoms with Crippen LogP contribution in [-0.4, -0.2) is 10.9 Å². The van der Waals surface area contributed by atoms with Gasteiger partial charge in [-0.1, -0.05) is 41.9 Å². The Balaban J connectivity index is 2.46. The van der Waals surface area contributed by atoms with Crippen LogP contribution in [0.1, 0.15) is 10.4 Å². The summed E-state index contributed by atoms with van der Waals surface area (Å²) in [6.07, 6.45) is 0. The lowest BCUT2D eigenvalue weighted by Crippen LogP contribution is -2.12. The first kappa shape index (κ1) is 10.6. The first-order chi connectivity index (χ1) is 7.68. The molecule has 3 nitrogen and oxygen atoms in total.